The molecule has 0 fully saturated rings. The Balaban J connectivity index is 2.51. The molecule has 1 aromatic rings. The third kappa shape index (κ3) is 3.28. The molecule has 0 aliphatic heterocycles. The molecule has 0 aliphatic carbocycles. The maximum absolute atomic E-state index is 8.97. The first-order valence-corrected chi connectivity index (χ1v) is 5.30. The SMILES string of the molecule is CCC(C)(CCO)NCc1ncnn1C. The molecule has 1 unspecified atom stereocenters. The quantitative estimate of drug-likeness (QED) is 0.719. The Morgan fingerprint density at radius 1 is 1.60 bits per heavy atom. The molecule has 0 spiro atoms. The van der Waals surface area contributed by atoms with Gasteiger partial charge in [0.15, 0.2) is 0 Å². The predicted octanol–water partition coefficient (Wildman–Crippen LogP) is 0.456. The Bertz CT molecular complexity index is 299. The summed E-state index contributed by atoms with van der Waals surface area (Å²) in [5.74, 6) is 0.910. The summed E-state index contributed by atoms with van der Waals surface area (Å²) in [7, 11) is 1.87. The van der Waals surface area contributed by atoms with Crippen molar-refractivity contribution in [1.82, 2.24) is 20.1 Å². The van der Waals surface area contributed by atoms with Crippen molar-refractivity contribution in [3.8, 4) is 0 Å². The van der Waals surface area contributed by atoms with Crippen molar-refractivity contribution >= 4 is 0 Å². The van der Waals surface area contributed by atoms with E-state index in [1.165, 1.54) is 0 Å². The van der Waals surface area contributed by atoms with Crippen LogP contribution in [0.5, 0.6) is 0 Å². The smallest absolute Gasteiger partial charge is 0.140 e. The molecule has 0 amide bonds. The molecular weight excluding hydrogens is 192 g/mol. The Hall–Kier alpha value is -0.940. The highest BCUT2D eigenvalue weighted by atomic mass is 16.3. The van der Waals surface area contributed by atoms with E-state index in [0.717, 1.165) is 18.7 Å². The number of aryl methyl sites for hydroxylation is 1. The minimum atomic E-state index is -0.0271. The van der Waals surface area contributed by atoms with Crippen LogP contribution in [0.25, 0.3) is 0 Å². The molecule has 5 heteroatoms. The van der Waals surface area contributed by atoms with E-state index in [2.05, 4.69) is 29.2 Å². The average Bonchev–Trinajstić information content (AvgIpc) is 2.62. The molecule has 5 nitrogen and oxygen atoms in total. The predicted molar refractivity (Wildman–Crippen MR) is 58.2 cm³/mol. The van der Waals surface area contributed by atoms with E-state index in [4.69, 9.17) is 5.11 Å². The minimum absolute atomic E-state index is 0.0271. The van der Waals surface area contributed by atoms with Gasteiger partial charge in [-0.15, -0.1) is 0 Å². The molecule has 1 atom stereocenters. The van der Waals surface area contributed by atoms with Gasteiger partial charge in [0.05, 0.1) is 6.54 Å². The molecule has 86 valence electrons. The number of aliphatic hydroxyl groups is 1. The van der Waals surface area contributed by atoms with E-state index >= 15 is 0 Å². The lowest BCUT2D eigenvalue weighted by Crippen LogP contribution is -2.42. The summed E-state index contributed by atoms with van der Waals surface area (Å²) < 4.78 is 1.75. The van der Waals surface area contributed by atoms with Crippen LogP contribution in [0.1, 0.15) is 32.5 Å². The van der Waals surface area contributed by atoms with E-state index < -0.39 is 0 Å². The summed E-state index contributed by atoms with van der Waals surface area (Å²) >= 11 is 0. The van der Waals surface area contributed by atoms with Gasteiger partial charge in [-0.2, -0.15) is 5.10 Å². The van der Waals surface area contributed by atoms with Crippen LogP contribution in [-0.2, 0) is 13.6 Å². The van der Waals surface area contributed by atoms with Crippen LogP contribution >= 0.6 is 0 Å². The highest BCUT2D eigenvalue weighted by Gasteiger charge is 2.20. The minimum Gasteiger partial charge on any atom is -0.396 e. The van der Waals surface area contributed by atoms with E-state index in [9.17, 15) is 0 Å². The molecule has 1 rings (SSSR count). The summed E-state index contributed by atoms with van der Waals surface area (Å²) in [4.78, 5) is 4.14. The van der Waals surface area contributed by atoms with Gasteiger partial charge in [-0.3, -0.25) is 4.68 Å². The Morgan fingerprint density at radius 3 is 2.80 bits per heavy atom. The molecular formula is C10H20N4O. The van der Waals surface area contributed by atoms with Crippen molar-refractivity contribution in [2.24, 2.45) is 7.05 Å². The number of hydrogen-bond donors (Lipinski definition) is 2. The number of nitrogens with zero attached hydrogens (tertiary/aromatic N) is 3. The zero-order valence-corrected chi connectivity index (χ0v) is 9.69. The van der Waals surface area contributed by atoms with Gasteiger partial charge in [0.1, 0.15) is 12.2 Å². The zero-order valence-electron chi connectivity index (χ0n) is 9.69. The number of rotatable bonds is 6. The highest BCUT2D eigenvalue weighted by molar-refractivity contribution is 4.88. The van der Waals surface area contributed by atoms with Gasteiger partial charge in [-0.25, -0.2) is 4.98 Å². The number of aromatic nitrogens is 3. The lowest BCUT2D eigenvalue weighted by Gasteiger charge is -2.28. The Morgan fingerprint density at radius 2 is 2.33 bits per heavy atom. The third-order valence-electron chi connectivity index (χ3n) is 2.92. The first-order valence-electron chi connectivity index (χ1n) is 5.30. The fourth-order valence-corrected chi connectivity index (χ4v) is 1.41. The monoisotopic (exact) mass is 212 g/mol. The van der Waals surface area contributed by atoms with Gasteiger partial charge in [-0.05, 0) is 19.8 Å². The zero-order chi connectivity index (χ0) is 11.3. The van der Waals surface area contributed by atoms with Crippen LogP contribution in [0, 0.1) is 0 Å². The maximum atomic E-state index is 8.97. The topological polar surface area (TPSA) is 63.0 Å². The second-order valence-corrected chi connectivity index (χ2v) is 4.04. The molecule has 0 aliphatic rings. The Kier molecular flexibility index (Phi) is 4.23. The van der Waals surface area contributed by atoms with Crippen molar-refractivity contribution < 1.29 is 5.11 Å². The second kappa shape index (κ2) is 5.23. The molecule has 0 saturated heterocycles. The van der Waals surface area contributed by atoms with Crippen LogP contribution < -0.4 is 5.32 Å². The number of hydrogen-bond acceptors (Lipinski definition) is 4. The molecule has 0 bridgehead atoms. The van der Waals surface area contributed by atoms with Crippen LogP contribution in [0.4, 0.5) is 0 Å². The van der Waals surface area contributed by atoms with E-state index in [1.807, 2.05) is 7.05 Å². The fraction of sp³-hybridized carbons (Fsp3) is 0.800. The van der Waals surface area contributed by atoms with Gasteiger partial charge in [0.2, 0.25) is 0 Å². The summed E-state index contributed by atoms with van der Waals surface area (Å²) in [6, 6.07) is 0. The van der Waals surface area contributed by atoms with Gasteiger partial charge in [0, 0.05) is 19.2 Å². The van der Waals surface area contributed by atoms with Crippen LogP contribution in [0.2, 0.25) is 0 Å². The summed E-state index contributed by atoms with van der Waals surface area (Å²) in [5.41, 5.74) is -0.0271. The third-order valence-corrected chi connectivity index (χ3v) is 2.92. The van der Waals surface area contributed by atoms with Crippen molar-refractivity contribution in [2.45, 2.75) is 38.8 Å². The van der Waals surface area contributed by atoms with Crippen LogP contribution in [0.3, 0.4) is 0 Å². The van der Waals surface area contributed by atoms with Gasteiger partial charge < -0.3 is 10.4 Å². The summed E-state index contributed by atoms with van der Waals surface area (Å²) in [5, 5.41) is 16.4. The van der Waals surface area contributed by atoms with E-state index in [-0.39, 0.29) is 12.1 Å². The van der Waals surface area contributed by atoms with Crippen LogP contribution in [-0.4, -0.2) is 32.0 Å². The average molecular weight is 212 g/mol. The van der Waals surface area contributed by atoms with Crippen LogP contribution in [0.15, 0.2) is 6.33 Å². The van der Waals surface area contributed by atoms with Crippen molar-refractivity contribution in [1.29, 1.82) is 0 Å². The van der Waals surface area contributed by atoms with Crippen molar-refractivity contribution in [3.63, 3.8) is 0 Å². The lowest BCUT2D eigenvalue weighted by molar-refractivity contribution is 0.213. The molecule has 1 aromatic heterocycles. The Labute approximate surface area is 90.5 Å². The number of nitrogens with one attached hydrogen (secondary N) is 1. The lowest BCUT2D eigenvalue weighted by atomic mass is 9.95. The normalized spacial score (nSPS) is 15.2. The van der Waals surface area contributed by atoms with Gasteiger partial charge in [-0.1, -0.05) is 6.92 Å². The molecule has 15 heavy (non-hydrogen) atoms. The molecule has 1 heterocycles. The first kappa shape index (κ1) is 12.1. The second-order valence-electron chi connectivity index (χ2n) is 4.04. The summed E-state index contributed by atoms with van der Waals surface area (Å²) in [6.07, 6.45) is 3.28. The molecule has 2 N–H and O–H groups in total. The van der Waals surface area contributed by atoms with Gasteiger partial charge in [0.25, 0.3) is 0 Å². The van der Waals surface area contributed by atoms with Gasteiger partial charge >= 0.3 is 0 Å². The molecule has 0 aromatic carbocycles. The number of aliphatic hydroxyl groups excluding tert-OH is 1. The fourth-order valence-electron chi connectivity index (χ4n) is 1.41. The van der Waals surface area contributed by atoms with E-state index in [1.54, 1.807) is 11.0 Å². The highest BCUT2D eigenvalue weighted by Crippen LogP contribution is 2.14. The first-order chi connectivity index (χ1) is 7.11. The molecule has 0 saturated carbocycles. The van der Waals surface area contributed by atoms with Crippen molar-refractivity contribution in [3.05, 3.63) is 12.2 Å². The standard InChI is InChI=1S/C10H20N4O/c1-4-10(2,5-6-15)12-7-9-11-8-13-14(9)3/h8,12,15H,4-7H2,1-3H3. The largest absolute Gasteiger partial charge is 0.396 e. The summed E-state index contributed by atoms with van der Waals surface area (Å²) in [6.45, 7) is 5.11. The molecule has 0 radical (unpaired) electrons. The van der Waals surface area contributed by atoms with Crippen molar-refractivity contribution in [2.75, 3.05) is 6.61 Å². The maximum Gasteiger partial charge on any atom is 0.140 e. The van der Waals surface area contributed by atoms with E-state index in [0.29, 0.717) is 6.54 Å².